The zero-order chi connectivity index (χ0) is 20.4. The molecule has 1 atom stereocenters. The van der Waals surface area contributed by atoms with Gasteiger partial charge in [-0.25, -0.2) is 9.18 Å². The third kappa shape index (κ3) is 4.28. The van der Waals surface area contributed by atoms with E-state index < -0.39 is 0 Å². The molecule has 2 saturated heterocycles. The molecule has 2 aliphatic heterocycles. The molecule has 0 bridgehead atoms. The van der Waals surface area contributed by atoms with Gasteiger partial charge in [0.15, 0.2) is 0 Å². The highest BCUT2D eigenvalue weighted by Crippen LogP contribution is 2.21. The van der Waals surface area contributed by atoms with E-state index in [2.05, 4.69) is 10.2 Å². The van der Waals surface area contributed by atoms with E-state index in [1.165, 1.54) is 17.0 Å². The number of aryl methyl sites for hydroxylation is 1. The Hall–Kier alpha value is -3.23. The summed E-state index contributed by atoms with van der Waals surface area (Å²) in [6.07, 6.45) is 0.567. The van der Waals surface area contributed by atoms with Crippen molar-refractivity contribution in [3.8, 4) is 5.88 Å². The van der Waals surface area contributed by atoms with Crippen LogP contribution in [0.2, 0.25) is 0 Å². The first-order valence-corrected chi connectivity index (χ1v) is 9.56. The molecule has 2 aromatic rings. The summed E-state index contributed by atoms with van der Waals surface area (Å²) in [4.78, 5) is 30.1. The molecule has 3 heterocycles. The molecule has 152 valence electrons. The van der Waals surface area contributed by atoms with Gasteiger partial charge in [0.05, 0.1) is 12.2 Å². The Labute approximate surface area is 167 Å². The van der Waals surface area contributed by atoms with E-state index in [4.69, 9.17) is 4.74 Å². The Morgan fingerprint density at radius 3 is 2.66 bits per heavy atom. The first-order valence-electron chi connectivity index (χ1n) is 9.56. The van der Waals surface area contributed by atoms with Gasteiger partial charge in [-0.3, -0.25) is 9.69 Å². The van der Waals surface area contributed by atoms with Crippen LogP contribution in [0, 0.1) is 12.7 Å². The lowest BCUT2D eigenvalue weighted by Crippen LogP contribution is -2.42. The molecule has 0 N–H and O–H groups in total. The summed E-state index contributed by atoms with van der Waals surface area (Å²) in [5.74, 6) is -0.0187. The normalized spacial score (nSPS) is 19.2. The molecular formula is C20H22FN5O3. The van der Waals surface area contributed by atoms with Crippen molar-refractivity contribution in [3.05, 3.63) is 47.9 Å². The molecule has 0 saturated carbocycles. The lowest BCUT2D eigenvalue weighted by Gasteiger charge is -2.22. The van der Waals surface area contributed by atoms with Crippen LogP contribution in [-0.2, 0) is 4.79 Å². The lowest BCUT2D eigenvalue weighted by molar-refractivity contribution is -0.130. The minimum Gasteiger partial charge on any atom is -0.471 e. The Morgan fingerprint density at radius 1 is 1.14 bits per heavy atom. The molecule has 1 aromatic carbocycles. The molecule has 29 heavy (non-hydrogen) atoms. The van der Waals surface area contributed by atoms with E-state index in [-0.39, 0.29) is 30.4 Å². The number of likely N-dealkylation sites (tertiary alicyclic amines) is 1. The van der Waals surface area contributed by atoms with Crippen molar-refractivity contribution in [3.63, 3.8) is 0 Å². The molecule has 8 nitrogen and oxygen atoms in total. The zero-order valence-electron chi connectivity index (χ0n) is 16.1. The maximum atomic E-state index is 13.1. The van der Waals surface area contributed by atoms with Gasteiger partial charge in [0.1, 0.15) is 18.5 Å². The third-order valence-corrected chi connectivity index (χ3v) is 5.12. The predicted molar refractivity (Wildman–Crippen MR) is 103 cm³/mol. The number of urea groups is 1. The summed E-state index contributed by atoms with van der Waals surface area (Å²) in [7, 11) is 0. The summed E-state index contributed by atoms with van der Waals surface area (Å²) in [6.45, 7) is 3.83. The fourth-order valence-corrected chi connectivity index (χ4v) is 3.52. The van der Waals surface area contributed by atoms with Crippen LogP contribution in [0.25, 0.3) is 0 Å². The lowest BCUT2D eigenvalue weighted by atomic mass is 10.3. The molecule has 9 heteroatoms. The average molecular weight is 399 g/mol. The topological polar surface area (TPSA) is 78.9 Å². The van der Waals surface area contributed by atoms with Crippen LogP contribution >= 0.6 is 0 Å². The molecule has 4 rings (SSSR count). The summed E-state index contributed by atoms with van der Waals surface area (Å²) in [5, 5.41) is 7.95. The maximum absolute atomic E-state index is 13.1. The Balaban J connectivity index is 1.30. The van der Waals surface area contributed by atoms with Gasteiger partial charge in [0.2, 0.25) is 11.8 Å². The summed E-state index contributed by atoms with van der Waals surface area (Å²) < 4.78 is 18.9. The summed E-state index contributed by atoms with van der Waals surface area (Å²) >= 11 is 0. The van der Waals surface area contributed by atoms with Crippen molar-refractivity contribution in [1.82, 2.24) is 20.0 Å². The molecular weight excluding hydrogens is 377 g/mol. The molecule has 2 aliphatic rings. The number of amides is 3. The standard InChI is InChI=1S/C20H22FN5O3/c1-14-2-7-18(23-22-14)29-17-8-9-24(12-17)19(27)13-25-10-11-26(20(25)28)16-5-3-15(21)4-6-16/h2-7,17H,8-13H2,1H3/t17-/m0/s1. The first kappa shape index (κ1) is 19.1. The van der Waals surface area contributed by atoms with Crippen molar-refractivity contribution in [2.75, 3.05) is 37.6 Å². The SMILES string of the molecule is Cc1ccc(O[C@H]2CCN(C(=O)CN3CCN(c4ccc(F)cc4)C3=O)C2)nn1. The van der Waals surface area contributed by atoms with Crippen molar-refractivity contribution in [2.24, 2.45) is 0 Å². The van der Waals surface area contributed by atoms with Crippen LogP contribution in [0.4, 0.5) is 14.9 Å². The monoisotopic (exact) mass is 399 g/mol. The highest BCUT2D eigenvalue weighted by molar-refractivity contribution is 5.96. The largest absolute Gasteiger partial charge is 0.471 e. The van der Waals surface area contributed by atoms with Crippen LogP contribution in [0.1, 0.15) is 12.1 Å². The van der Waals surface area contributed by atoms with E-state index in [1.807, 2.05) is 13.0 Å². The van der Waals surface area contributed by atoms with Crippen LogP contribution in [0.15, 0.2) is 36.4 Å². The number of halogens is 1. The van der Waals surface area contributed by atoms with E-state index in [9.17, 15) is 14.0 Å². The number of anilines is 1. The van der Waals surface area contributed by atoms with E-state index in [1.54, 1.807) is 28.0 Å². The quantitative estimate of drug-likeness (QED) is 0.767. The molecule has 3 amide bonds. The highest BCUT2D eigenvalue weighted by atomic mass is 19.1. The second kappa shape index (κ2) is 8.02. The van der Waals surface area contributed by atoms with Gasteiger partial charge < -0.3 is 14.5 Å². The van der Waals surface area contributed by atoms with Gasteiger partial charge >= 0.3 is 6.03 Å². The summed E-state index contributed by atoms with van der Waals surface area (Å²) in [5.41, 5.74) is 1.44. The smallest absolute Gasteiger partial charge is 0.325 e. The van der Waals surface area contributed by atoms with Gasteiger partial charge in [-0.1, -0.05) is 0 Å². The van der Waals surface area contributed by atoms with Crippen molar-refractivity contribution in [2.45, 2.75) is 19.4 Å². The number of benzene rings is 1. The fraction of sp³-hybridized carbons (Fsp3) is 0.400. The number of rotatable bonds is 5. The fourth-order valence-electron chi connectivity index (χ4n) is 3.52. The molecule has 2 fully saturated rings. The number of ether oxygens (including phenoxy) is 1. The molecule has 0 unspecified atom stereocenters. The van der Waals surface area contributed by atoms with Gasteiger partial charge in [0.25, 0.3) is 0 Å². The van der Waals surface area contributed by atoms with Gasteiger partial charge in [-0.05, 0) is 37.3 Å². The van der Waals surface area contributed by atoms with Crippen LogP contribution in [-0.4, -0.2) is 70.8 Å². The number of hydrogen-bond donors (Lipinski definition) is 0. The second-order valence-corrected chi connectivity index (χ2v) is 7.21. The Kier molecular flexibility index (Phi) is 5.28. The zero-order valence-corrected chi connectivity index (χ0v) is 16.1. The third-order valence-electron chi connectivity index (χ3n) is 5.12. The average Bonchev–Trinajstić information content (AvgIpc) is 3.32. The van der Waals surface area contributed by atoms with Crippen LogP contribution < -0.4 is 9.64 Å². The van der Waals surface area contributed by atoms with E-state index in [0.29, 0.717) is 44.2 Å². The molecule has 1 aromatic heterocycles. The molecule has 0 spiro atoms. The Morgan fingerprint density at radius 2 is 1.93 bits per heavy atom. The molecule has 0 radical (unpaired) electrons. The predicted octanol–water partition coefficient (Wildman–Crippen LogP) is 1.85. The van der Waals surface area contributed by atoms with Crippen molar-refractivity contribution >= 4 is 17.6 Å². The minimum absolute atomic E-state index is 0.0214. The number of carbonyl (C=O) groups excluding carboxylic acids is 2. The van der Waals surface area contributed by atoms with Crippen molar-refractivity contribution < 1.29 is 18.7 Å². The van der Waals surface area contributed by atoms with Gasteiger partial charge in [-0.2, -0.15) is 5.10 Å². The van der Waals surface area contributed by atoms with Gasteiger partial charge in [-0.15, -0.1) is 5.10 Å². The highest BCUT2D eigenvalue weighted by Gasteiger charge is 2.34. The number of nitrogens with zero attached hydrogens (tertiary/aromatic N) is 5. The van der Waals surface area contributed by atoms with Crippen LogP contribution in [0.5, 0.6) is 5.88 Å². The number of carbonyl (C=O) groups is 2. The van der Waals surface area contributed by atoms with E-state index >= 15 is 0 Å². The van der Waals surface area contributed by atoms with E-state index in [0.717, 1.165) is 5.69 Å². The second-order valence-electron chi connectivity index (χ2n) is 7.21. The number of aromatic nitrogens is 2. The summed E-state index contributed by atoms with van der Waals surface area (Å²) in [6, 6.07) is 9.11. The first-order chi connectivity index (χ1) is 14.0. The molecule has 0 aliphatic carbocycles. The maximum Gasteiger partial charge on any atom is 0.325 e. The Bertz CT molecular complexity index is 890. The van der Waals surface area contributed by atoms with Gasteiger partial charge in [0, 0.05) is 37.8 Å². The number of hydrogen-bond acceptors (Lipinski definition) is 5. The minimum atomic E-state index is -0.352. The van der Waals surface area contributed by atoms with Crippen molar-refractivity contribution in [1.29, 1.82) is 0 Å². The van der Waals surface area contributed by atoms with Crippen LogP contribution in [0.3, 0.4) is 0 Å².